The van der Waals surface area contributed by atoms with E-state index in [0.717, 1.165) is 42.8 Å². The number of nitrogens with zero attached hydrogens (tertiary/aromatic N) is 2. The molecule has 3 heterocycles. The van der Waals surface area contributed by atoms with Crippen molar-refractivity contribution < 1.29 is 0 Å². The van der Waals surface area contributed by atoms with Crippen LogP contribution in [0.15, 0.2) is 36.7 Å². The molecular weight excluding hydrogens is 292 g/mol. The van der Waals surface area contributed by atoms with Gasteiger partial charge in [-0.3, -0.25) is 0 Å². The SMILES string of the molecule is Cc1c(C#N)cnc2sc(N)c(-c3ccc4[nH]ccc4c3)c12. The van der Waals surface area contributed by atoms with Gasteiger partial charge in [0.25, 0.3) is 0 Å². The second-order valence-corrected chi connectivity index (χ2v) is 6.24. The number of nitrogens with one attached hydrogen (secondary N) is 1. The Hall–Kier alpha value is -2.84. The maximum atomic E-state index is 9.24. The maximum Gasteiger partial charge on any atom is 0.126 e. The fourth-order valence-corrected chi connectivity index (χ4v) is 3.83. The van der Waals surface area contributed by atoms with E-state index in [1.165, 1.54) is 11.3 Å². The van der Waals surface area contributed by atoms with Gasteiger partial charge in [-0.15, -0.1) is 0 Å². The first-order valence-corrected chi connectivity index (χ1v) is 7.66. The van der Waals surface area contributed by atoms with E-state index >= 15 is 0 Å². The molecule has 4 nitrogen and oxygen atoms in total. The van der Waals surface area contributed by atoms with E-state index in [9.17, 15) is 5.26 Å². The molecule has 3 N–H and O–H groups in total. The van der Waals surface area contributed by atoms with Crippen molar-refractivity contribution in [2.24, 2.45) is 0 Å². The zero-order chi connectivity index (χ0) is 15.3. The molecular formula is C17H12N4S. The van der Waals surface area contributed by atoms with Crippen LogP contribution in [0.3, 0.4) is 0 Å². The van der Waals surface area contributed by atoms with Gasteiger partial charge in [-0.25, -0.2) is 4.98 Å². The predicted octanol–water partition coefficient (Wildman–Crippen LogP) is 4.21. The van der Waals surface area contributed by atoms with E-state index in [4.69, 9.17) is 5.73 Å². The van der Waals surface area contributed by atoms with Gasteiger partial charge >= 0.3 is 0 Å². The van der Waals surface area contributed by atoms with Crippen molar-refractivity contribution >= 4 is 37.5 Å². The van der Waals surface area contributed by atoms with Gasteiger partial charge < -0.3 is 10.7 Å². The maximum absolute atomic E-state index is 9.24. The summed E-state index contributed by atoms with van der Waals surface area (Å²) in [6.45, 7) is 1.95. The number of aromatic amines is 1. The van der Waals surface area contributed by atoms with E-state index in [-0.39, 0.29) is 0 Å². The standard InChI is InChI=1S/C17H12N4S/c1-9-12(7-18)8-21-17-14(9)15(16(19)22-17)11-2-3-13-10(6-11)4-5-20-13/h2-6,8,20H,19H2,1H3. The van der Waals surface area contributed by atoms with Gasteiger partial charge in [-0.2, -0.15) is 5.26 Å². The van der Waals surface area contributed by atoms with Crippen molar-refractivity contribution in [3.8, 4) is 17.2 Å². The number of nitrogen functional groups attached to an aromatic ring is 1. The average Bonchev–Trinajstić information content (AvgIpc) is 3.10. The molecule has 0 aliphatic rings. The van der Waals surface area contributed by atoms with Crippen molar-refractivity contribution in [2.45, 2.75) is 6.92 Å². The minimum Gasteiger partial charge on any atom is -0.390 e. The van der Waals surface area contributed by atoms with Gasteiger partial charge in [0.05, 0.1) is 10.6 Å². The van der Waals surface area contributed by atoms with Crippen molar-refractivity contribution in [1.29, 1.82) is 5.26 Å². The number of pyridine rings is 1. The van der Waals surface area contributed by atoms with Crippen LogP contribution < -0.4 is 5.73 Å². The smallest absolute Gasteiger partial charge is 0.126 e. The Kier molecular flexibility index (Phi) is 2.68. The molecule has 0 amide bonds. The van der Waals surface area contributed by atoms with Crippen LogP contribution in [0, 0.1) is 18.3 Å². The molecule has 4 rings (SSSR count). The van der Waals surface area contributed by atoms with Gasteiger partial charge in [-0.05, 0) is 41.6 Å². The zero-order valence-electron chi connectivity index (χ0n) is 11.8. The van der Waals surface area contributed by atoms with Gasteiger partial charge in [0.1, 0.15) is 10.9 Å². The largest absolute Gasteiger partial charge is 0.390 e. The number of aromatic nitrogens is 2. The second kappa shape index (κ2) is 4.58. The molecule has 106 valence electrons. The van der Waals surface area contributed by atoms with Crippen LogP contribution in [0.2, 0.25) is 0 Å². The summed E-state index contributed by atoms with van der Waals surface area (Å²) in [6, 6.07) is 10.4. The molecule has 0 fully saturated rings. The normalized spacial score (nSPS) is 11.1. The summed E-state index contributed by atoms with van der Waals surface area (Å²) in [5.74, 6) is 0. The summed E-state index contributed by atoms with van der Waals surface area (Å²) < 4.78 is 0. The second-order valence-electron chi connectivity index (χ2n) is 5.21. The van der Waals surface area contributed by atoms with Crippen LogP contribution in [-0.2, 0) is 0 Å². The van der Waals surface area contributed by atoms with Crippen molar-refractivity contribution in [2.75, 3.05) is 5.73 Å². The Labute approximate surface area is 130 Å². The number of rotatable bonds is 1. The molecule has 0 unspecified atom stereocenters. The topological polar surface area (TPSA) is 78.5 Å². The van der Waals surface area contributed by atoms with Crippen LogP contribution in [-0.4, -0.2) is 9.97 Å². The lowest BCUT2D eigenvalue weighted by Gasteiger charge is -2.05. The molecule has 0 saturated carbocycles. The molecule has 22 heavy (non-hydrogen) atoms. The van der Waals surface area contributed by atoms with Gasteiger partial charge in [0.15, 0.2) is 0 Å². The lowest BCUT2D eigenvalue weighted by atomic mass is 9.99. The van der Waals surface area contributed by atoms with E-state index in [2.05, 4.69) is 28.2 Å². The number of thiophene rings is 1. The van der Waals surface area contributed by atoms with Crippen molar-refractivity contribution in [1.82, 2.24) is 9.97 Å². The summed E-state index contributed by atoms with van der Waals surface area (Å²) in [5, 5.41) is 12.1. The molecule has 0 saturated heterocycles. The third-order valence-electron chi connectivity index (χ3n) is 3.97. The lowest BCUT2D eigenvalue weighted by Crippen LogP contribution is -1.89. The Morgan fingerprint density at radius 1 is 1.32 bits per heavy atom. The summed E-state index contributed by atoms with van der Waals surface area (Å²) in [6.07, 6.45) is 3.54. The molecule has 0 radical (unpaired) electrons. The molecule has 5 heteroatoms. The zero-order valence-corrected chi connectivity index (χ0v) is 12.7. The molecule has 0 atom stereocenters. The predicted molar refractivity (Wildman–Crippen MR) is 90.8 cm³/mol. The van der Waals surface area contributed by atoms with Crippen molar-refractivity contribution in [3.05, 3.63) is 47.8 Å². The van der Waals surface area contributed by atoms with Crippen LogP contribution in [0.1, 0.15) is 11.1 Å². The molecule has 0 spiro atoms. The van der Waals surface area contributed by atoms with Crippen LogP contribution in [0.25, 0.3) is 32.2 Å². The number of fused-ring (bicyclic) bond motifs is 2. The van der Waals surface area contributed by atoms with Crippen LogP contribution in [0.4, 0.5) is 5.00 Å². The summed E-state index contributed by atoms with van der Waals surface area (Å²) >= 11 is 1.46. The molecule has 0 aliphatic heterocycles. The van der Waals surface area contributed by atoms with Crippen LogP contribution in [0.5, 0.6) is 0 Å². The summed E-state index contributed by atoms with van der Waals surface area (Å²) in [4.78, 5) is 8.44. The summed E-state index contributed by atoms with van der Waals surface area (Å²) in [5.41, 5.74) is 10.9. The third-order valence-corrected chi connectivity index (χ3v) is 4.90. The molecule has 4 aromatic rings. The fraction of sp³-hybridized carbons (Fsp3) is 0.0588. The number of hydrogen-bond acceptors (Lipinski definition) is 4. The highest BCUT2D eigenvalue weighted by molar-refractivity contribution is 7.23. The lowest BCUT2D eigenvalue weighted by molar-refractivity contribution is 1.34. The highest BCUT2D eigenvalue weighted by atomic mass is 32.1. The van der Waals surface area contributed by atoms with E-state index in [0.29, 0.717) is 5.56 Å². The first kappa shape index (κ1) is 12.9. The Morgan fingerprint density at radius 2 is 2.18 bits per heavy atom. The number of nitrogens with two attached hydrogens (primary N) is 1. The first-order valence-electron chi connectivity index (χ1n) is 6.84. The van der Waals surface area contributed by atoms with Gasteiger partial charge in [0, 0.05) is 28.9 Å². The minimum absolute atomic E-state index is 0.592. The highest BCUT2D eigenvalue weighted by Crippen LogP contribution is 2.42. The Morgan fingerprint density at radius 3 is 3.00 bits per heavy atom. The minimum atomic E-state index is 0.592. The number of H-pyrrole nitrogens is 1. The summed E-state index contributed by atoms with van der Waals surface area (Å²) in [7, 11) is 0. The Bertz CT molecular complexity index is 1070. The van der Waals surface area contributed by atoms with E-state index in [1.54, 1.807) is 6.20 Å². The molecule has 1 aromatic carbocycles. The highest BCUT2D eigenvalue weighted by Gasteiger charge is 2.17. The number of benzene rings is 1. The van der Waals surface area contributed by atoms with Crippen molar-refractivity contribution in [3.63, 3.8) is 0 Å². The monoisotopic (exact) mass is 304 g/mol. The molecule has 0 bridgehead atoms. The fourth-order valence-electron chi connectivity index (χ4n) is 2.84. The quantitative estimate of drug-likeness (QED) is 0.553. The third kappa shape index (κ3) is 1.71. The van der Waals surface area contributed by atoms with E-state index < -0.39 is 0 Å². The number of hydrogen-bond donors (Lipinski definition) is 2. The number of nitriles is 1. The first-order chi connectivity index (χ1) is 10.7. The van der Waals surface area contributed by atoms with Gasteiger partial charge in [0.2, 0.25) is 0 Å². The number of anilines is 1. The van der Waals surface area contributed by atoms with Gasteiger partial charge in [-0.1, -0.05) is 17.4 Å². The Balaban J connectivity index is 2.09. The average molecular weight is 304 g/mol. The molecule has 3 aromatic heterocycles. The van der Waals surface area contributed by atoms with E-state index in [1.807, 2.05) is 25.3 Å². The van der Waals surface area contributed by atoms with Crippen LogP contribution >= 0.6 is 11.3 Å². The number of aryl methyl sites for hydroxylation is 1. The molecule has 0 aliphatic carbocycles.